The van der Waals surface area contributed by atoms with Crippen molar-refractivity contribution in [1.29, 1.82) is 0 Å². The summed E-state index contributed by atoms with van der Waals surface area (Å²) in [6.07, 6.45) is 16.8. The van der Waals surface area contributed by atoms with Gasteiger partial charge in [0.15, 0.2) is 13.3 Å². The Hall–Kier alpha value is -0.486. The molecule has 0 saturated heterocycles. The minimum Gasteiger partial charge on any atom is -0.446 e. The summed E-state index contributed by atoms with van der Waals surface area (Å²) in [6.45, 7) is 13.9. The van der Waals surface area contributed by atoms with Crippen LogP contribution in [0.2, 0.25) is 0 Å². The van der Waals surface area contributed by atoms with E-state index >= 15 is 0 Å². The topological polar surface area (TPSA) is 29.5 Å². The smallest absolute Gasteiger partial charge is 0.418 e. The Labute approximate surface area is 279 Å². The van der Waals surface area contributed by atoms with Crippen LogP contribution in [-0.2, 0) is 23.3 Å². The van der Waals surface area contributed by atoms with Gasteiger partial charge >= 0.3 is 6.09 Å². The van der Waals surface area contributed by atoms with Crippen molar-refractivity contribution in [3.8, 4) is 0 Å². The van der Waals surface area contributed by atoms with Crippen LogP contribution in [0.15, 0.2) is 11.6 Å². The molecule has 5 nitrogen and oxygen atoms in total. The van der Waals surface area contributed by atoms with Crippen molar-refractivity contribution in [2.45, 2.75) is 119 Å². The molecule has 1 amide bonds. The van der Waals surface area contributed by atoms with E-state index in [4.69, 9.17) is 4.74 Å². The molecule has 0 aliphatic heterocycles. The Morgan fingerprint density at radius 3 is 2.14 bits per heavy atom. The quantitative estimate of drug-likeness (QED) is 0.136. The molecule has 0 heterocycles. The Kier molecular flexibility index (Phi) is 13.1. The number of hydrogen-bond donors (Lipinski definition) is 0. The van der Waals surface area contributed by atoms with Crippen LogP contribution in [0.25, 0.3) is 0 Å². The van der Waals surface area contributed by atoms with Crippen molar-refractivity contribution < 1.29 is 37.1 Å². The largest absolute Gasteiger partial charge is 0.446 e. The molecule has 249 valence electrons. The molecule has 3 saturated carbocycles. The summed E-state index contributed by atoms with van der Waals surface area (Å²) in [6, 6.07) is 0. The van der Waals surface area contributed by atoms with Crippen molar-refractivity contribution in [3.05, 3.63) is 11.6 Å². The third-order valence-corrected chi connectivity index (χ3v) is 12.0. The van der Waals surface area contributed by atoms with Gasteiger partial charge in [0.2, 0.25) is 0 Å². The first-order valence-electron chi connectivity index (χ1n) is 17.2. The van der Waals surface area contributed by atoms with Gasteiger partial charge in [0.1, 0.15) is 6.10 Å². The molecule has 6 heteroatoms. The van der Waals surface area contributed by atoms with Crippen LogP contribution in [0.3, 0.4) is 0 Å². The van der Waals surface area contributed by atoms with Crippen LogP contribution < -0.4 is 0 Å². The number of nitrogens with zero attached hydrogens (tertiary/aromatic N) is 3. The predicted octanol–water partition coefficient (Wildman–Crippen LogP) is 8.80. The molecule has 8 atom stereocenters. The Morgan fingerprint density at radius 1 is 0.930 bits per heavy atom. The van der Waals surface area contributed by atoms with Crippen molar-refractivity contribution in [1.82, 2.24) is 4.90 Å². The van der Waals surface area contributed by atoms with Gasteiger partial charge in [-0.3, -0.25) is 0 Å². The van der Waals surface area contributed by atoms with Gasteiger partial charge in [0, 0.05) is 25.0 Å². The number of fused-ring (bicyclic) bond motifs is 5. The summed E-state index contributed by atoms with van der Waals surface area (Å²) in [5, 5.41) is 0. The molecule has 43 heavy (non-hydrogen) atoms. The maximum atomic E-state index is 13.4. The van der Waals surface area contributed by atoms with E-state index in [0.717, 1.165) is 48.3 Å². The molecule has 0 aromatic carbocycles. The third-order valence-electron chi connectivity index (χ3n) is 12.0. The third kappa shape index (κ3) is 8.86. The maximum absolute atomic E-state index is 13.4. The number of hydrogen-bond acceptors (Lipinski definition) is 2. The zero-order chi connectivity index (χ0) is 30.4. The molecular weight excluding hydrogens is 569 g/mol. The van der Waals surface area contributed by atoms with E-state index in [1.165, 1.54) is 57.8 Å². The number of carbonyl (C=O) groups excluding carboxylic acids is 1. The minimum atomic E-state index is -0.137. The van der Waals surface area contributed by atoms with Gasteiger partial charge in [-0.25, -0.2) is 9.69 Å². The average Bonchev–Trinajstić information content (AvgIpc) is 3.19. The van der Waals surface area contributed by atoms with Crippen LogP contribution in [0.4, 0.5) is 4.79 Å². The summed E-state index contributed by atoms with van der Waals surface area (Å²) in [5.74, 6) is 5.15. The van der Waals surface area contributed by atoms with Crippen LogP contribution in [0.5, 0.6) is 0 Å². The molecule has 0 aromatic rings. The fourth-order valence-corrected chi connectivity index (χ4v) is 10.2. The molecule has 0 aromatic heterocycles. The van der Waals surface area contributed by atoms with Crippen LogP contribution in [-0.4, -0.2) is 81.7 Å². The number of amides is 1. The Bertz CT molecular complexity index is 936. The van der Waals surface area contributed by atoms with E-state index in [1.807, 2.05) is 4.90 Å². The molecular formula is C37H71N3O2V+2. The van der Waals surface area contributed by atoms with Crippen LogP contribution >= 0.6 is 0 Å². The van der Waals surface area contributed by atoms with Gasteiger partial charge < -0.3 is 13.7 Å². The zero-order valence-electron chi connectivity index (χ0n) is 29.4. The Morgan fingerprint density at radius 2 is 1.56 bits per heavy atom. The van der Waals surface area contributed by atoms with Crippen molar-refractivity contribution in [3.63, 3.8) is 0 Å². The van der Waals surface area contributed by atoms with Gasteiger partial charge in [0.05, 0.1) is 42.3 Å². The van der Waals surface area contributed by atoms with Crippen molar-refractivity contribution >= 4 is 6.09 Å². The first-order chi connectivity index (χ1) is 18.9. The summed E-state index contributed by atoms with van der Waals surface area (Å²) in [7, 11) is 12.8. The molecule has 0 unspecified atom stereocenters. The second-order valence-electron chi connectivity index (χ2n) is 17.9. The number of quaternary nitrogens is 2. The number of carbonyl (C=O) groups is 1. The fourth-order valence-electron chi connectivity index (χ4n) is 10.2. The van der Waals surface area contributed by atoms with Crippen LogP contribution in [0.1, 0.15) is 113 Å². The number of ether oxygens (including phenoxy) is 1. The summed E-state index contributed by atoms with van der Waals surface area (Å²) < 4.78 is 7.70. The second kappa shape index (κ2) is 14.5. The van der Waals surface area contributed by atoms with Gasteiger partial charge in [-0.2, -0.15) is 0 Å². The van der Waals surface area contributed by atoms with E-state index in [2.05, 4.69) is 83.0 Å². The zero-order valence-corrected chi connectivity index (χ0v) is 30.8. The number of allylic oxidation sites excluding steroid dienone is 1. The van der Waals surface area contributed by atoms with E-state index < -0.39 is 0 Å². The first-order valence-corrected chi connectivity index (χ1v) is 17.2. The predicted molar refractivity (Wildman–Crippen MR) is 178 cm³/mol. The minimum absolute atomic E-state index is 0. The molecule has 4 rings (SSSR count). The normalized spacial score (nSPS) is 34.5. The molecule has 0 bridgehead atoms. The molecule has 0 spiro atoms. The van der Waals surface area contributed by atoms with Gasteiger partial charge in [-0.1, -0.05) is 73.0 Å². The Balaban J connectivity index is 0.00000323. The van der Waals surface area contributed by atoms with E-state index in [1.54, 1.807) is 5.57 Å². The van der Waals surface area contributed by atoms with E-state index in [-0.39, 0.29) is 38.2 Å². The van der Waals surface area contributed by atoms with Crippen molar-refractivity contribution in [2.24, 2.45) is 46.3 Å². The molecule has 4 aliphatic rings. The summed E-state index contributed by atoms with van der Waals surface area (Å²) >= 11 is 0. The van der Waals surface area contributed by atoms with E-state index in [0.29, 0.717) is 33.1 Å². The summed E-state index contributed by atoms with van der Waals surface area (Å²) in [4.78, 5) is 15.4. The second-order valence-corrected chi connectivity index (χ2v) is 17.9. The fraction of sp³-hybridized carbons (Fsp3) is 0.919. The van der Waals surface area contributed by atoms with Crippen molar-refractivity contribution in [2.75, 3.05) is 55.6 Å². The van der Waals surface area contributed by atoms with Gasteiger partial charge in [-0.15, -0.1) is 0 Å². The monoisotopic (exact) mass is 640 g/mol. The maximum Gasteiger partial charge on any atom is 0.418 e. The number of rotatable bonds is 10. The van der Waals surface area contributed by atoms with Gasteiger partial charge in [0.25, 0.3) is 0 Å². The van der Waals surface area contributed by atoms with Gasteiger partial charge in [-0.05, 0) is 91.3 Å². The molecule has 4 aliphatic carbocycles. The molecule has 3 fully saturated rings. The van der Waals surface area contributed by atoms with E-state index in [9.17, 15) is 4.79 Å². The summed E-state index contributed by atoms with van der Waals surface area (Å²) in [5.41, 5.74) is 2.43. The standard InChI is InChI=1S/C36H67N3O2.CH4.V/c1-26(2)13-12-14-27(3)31-17-18-32-30-16-15-28-23-29(19-21-35(28,4)33(30)20-22-36(31,32)5)41-34(40)37(24-38(6,7)8)25-39(9,10)11;;/h15,26-27,29-33H,12-14,16-25H2,1-11H3;1H4;/q+2;;/t27-,29+,30+,31-,32+,33+,35+,36-;;/m1../s1. The SMILES string of the molecule is C.CC(C)CCC[C@@H](C)[C@H]1CC[C@H]2[C@@H]3CC=C4C[C@@H](OC(=O)N(C[N+](C)(C)C)C[N+](C)(C)C)CC[C@]4(C)[C@H]3CC[C@]12C.[V]. The first kappa shape index (κ1) is 38.7. The molecule has 0 N–H and O–H groups in total. The molecule has 1 radical (unpaired) electrons. The average molecular weight is 641 g/mol. The van der Waals surface area contributed by atoms with Crippen LogP contribution in [0, 0.1) is 46.3 Å².